The number of piperazine rings is 3. The zero-order valence-electron chi connectivity index (χ0n) is 15.9. The van der Waals surface area contributed by atoms with Crippen LogP contribution in [0, 0.1) is 17.0 Å². The van der Waals surface area contributed by atoms with Crippen LogP contribution in [0.5, 0.6) is 0 Å². The van der Waals surface area contributed by atoms with E-state index in [1.807, 2.05) is 18.2 Å². The van der Waals surface area contributed by atoms with Crippen molar-refractivity contribution >= 4 is 11.7 Å². The molecule has 1 amide bonds. The van der Waals surface area contributed by atoms with Crippen LogP contribution in [0.1, 0.15) is 21.6 Å². The Hall–Kier alpha value is -2.78. The largest absolute Gasteiger partial charge is 0.390 e. The van der Waals surface area contributed by atoms with Crippen molar-refractivity contribution in [2.45, 2.75) is 19.5 Å². The number of rotatable bonds is 6. The van der Waals surface area contributed by atoms with Crippen molar-refractivity contribution in [2.24, 2.45) is 0 Å². The first-order chi connectivity index (χ1) is 13.5. The molecule has 1 N–H and O–H groups in total. The van der Waals surface area contributed by atoms with Crippen LogP contribution in [-0.2, 0) is 6.54 Å². The van der Waals surface area contributed by atoms with Gasteiger partial charge in [-0.3, -0.25) is 14.6 Å². The Balaban J connectivity index is 1.39. The van der Waals surface area contributed by atoms with Gasteiger partial charge in [-0.15, -0.1) is 0 Å². The zero-order valence-corrected chi connectivity index (χ0v) is 15.9. The van der Waals surface area contributed by atoms with E-state index in [2.05, 4.69) is 20.2 Å². The highest BCUT2D eigenvalue weighted by atomic mass is 16.6. The molecule has 0 saturated carbocycles. The number of hydrogen-bond acceptors (Lipinski definition) is 6. The molecule has 28 heavy (non-hydrogen) atoms. The van der Waals surface area contributed by atoms with Gasteiger partial charge < -0.3 is 15.4 Å². The van der Waals surface area contributed by atoms with E-state index in [9.17, 15) is 14.9 Å². The highest BCUT2D eigenvalue weighted by Crippen LogP contribution is 2.16. The summed E-state index contributed by atoms with van der Waals surface area (Å²) < 4.78 is 1.58. The number of carbonyl (C=O) groups excluding carboxylic acids is 1. The maximum absolute atomic E-state index is 12.6. The summed E-state index contributed by atoms with van der Waals surface area (Å²) in [7, 11) is 0. The second-order valence-corrected chi connectivity index (χ2v) is 7.46. The van der Waals surface area contributed by atoms with Crippen LogP contribution < -0.4 is 5.32 Å². The summed E-state index contributed by atoms with van der Waals surface area (Å²) >= 11 is 0. The van der Waals surface area contributed by atoms with E-state index in [-0.39, 0.29) is 11.7 Å². The number of nitrogens with zero attached hydrogens (tertiary/aromatic N) is 5. The van der Waals surface area contributed by atoms with Crippen molar-refractivity contribution in [3.05, 3.63) is 57.3 Å². The highest BCUT2D eigenvalue weighted by Gasteiger charge is 2.31. The fraction of sp³-hybridized carbons (Fsp3) is 0.474. The molecule has 3 aliphatic rings. The summed E-state index contributed by atoms with van der Waals surface area (Å²) in [6, 6.07) is 9.15. The maximum Gasteiger partial charge on any atom is 0.390 e. The van der Waals surface area contributed by atoms with Gasteiger partial charge in [-0.25, -0.2) is 0 Å². The number of aryl methyl sites for hydroxylation is 1. The summed E-state index contributed by atoms with van der Waals surface area (Å²) in [4.78, 5) is 27.9. The van der Waals surface area contributed by atoms with Crippen LogP contribution in [0.3, 0.4) is 0 Å². The lowest BCUT2D eigenvalue weighted by Crippen LogP contribution is -2.63. The number of hydrogen-bond donors (Lipinski definition) is 1. The van der Waals surface area contributed by atoms with E-state index in [0.717, 1.165) is 38.3 Å². The first-order valence-corrected chi connectivity index (χ1v) is 9.52. The van der Waals surface area contributed by atoms with Crippen LogP contribution in [0.25, 0.3) is 0 Å². The number of aromatic nitrogens is 2. The lowest BCUT2D eigenvalue weighted by atomic mass is 10.1. The third-order valence-electron chi connectivity index (χ3n) is 5.57. The van der Waals surface area contributed by atoms with Crippen molar-refractivity contribution in [1.29, 1.82) is 0 Å². The van der Waals surface area contributed by atoms with E-state index >= 15 is 0 Å². The van der Waals surface area contributed by atoms with Crippen LogP contribution in [0.15, 0.2) is 30.3 Å². The van der Waals surface area contributed by atoms with Crippen molar-refractivity contribution < 1.29 is 9.72 Å². The third kappa shape index (κ3) is 3.90. The summed E-state index contributed by atoms with van der Waals surface area (Å²) in [5, 5.41) is 17.9. The molecule has 3 aliphatic heterocycles. The molecule has 5 rings (SSSR count). The van der Waals surface area contributed by atoms with E-state index in [0.29, 0.717) is 30.4 Å². The normalized spacial score (nSPS) is 23.5. The second kappa shape index (κ2) is 7.69. The van der Waals surface area contributed by atoms with Gasteiger partial charge in [0.2, 0.25) is 0 Å². The Morgan fingerprint density at radius 3 is 2.71 bits per heavy atom. The minimum absolute atomic E-state index is 0.0948. The monoisotopic (exact) mass is 384 g/mol. The Morgan fingerprint density at radius 1 is 1.29 bits per heavy atom. The quantitative estimate of drug-likeness (QED) is 0.587. The lowest BCUT2D eigenvalue weighted by Gasteiger charge is -2.47. The Labute approximate surface area is 163 Å². The highest BCUT2D eigenvalue weighted by molar-refractivity contribution is 5.94. The molecule has 9 nitrogen and oxygen atoms in total. The lowest BCUT2D eigenvalue weighted by molar-refractivity contribution is -0.389. The van der Waals surface area contributed by atoms with Crippen molar-refractivity contribution in [2.75, 3.05) is 39.3 Å². The standard InChI is InChI=1S/C19H24N6O3/c1-14-9-18(25(27)28)21-24(14)12-15-3-2-4-16(10-15)19(26)20-11-17-13-22-5-7-23(17)8-6-22/h2-4,9-10,17H,5-8,11-13H2,1H3,(H,20,26). The van der Waals surface area contributed by atoms with Gasteiger partial charge in [-0.05, 0) is 29.5 Å². The first kappa shape index (κ1) is 18.6. The van der Waals surface area contributed by atoms with Gasteiger partial charge in [-0.1, -0.05) is 12.1 Å². The van der Waals surface area contributed by atoms with Gasteiger partial charge in [0, 0.05) is 50.9 Å². The topological polar surface area (TPSA) is 96.5 Å². The summed E-state index contributed by atoms with van der Waals surface area (Å²) in [6.45, 7) is 8.21. The van der Waals surface area contributed by atoms with Gasteiger partial charge in [0.15, 0.2) is 0 Å². The molecule has 1 aromatic carbocycles. The fourth-order valence-corrected chi connectivity index (χ4v) is 3.96. The molecule has 1 unspecified atom stereocenters. The number of amides is 1. The molecule has 4 heterocycles. The molecule has 1 atom stereocenters. The van der Waals surface area contributed by atoms with E-state index in [1.165, 1.54) is 6.07 Å². The number of nitrogens with one attached hydrogen (secondary N) is 1. The predicted molar refractivity (Wildman–Crippen MR) is 103 cm³/mol. The van der Waals surface area contributed by atoms with Gasteiger partial charge in [-0.2, -0.15) is 4.68 Å². The van der Waals surface area contributed by atoms with Crippen molar-refractivity contribution in [1.82, 2.24) is 24.9 Å². The molecule has 0 radical (unpaired) electrons. The zero-order chi connectivity index (χ0) is 19.7. The third-order valence-corrected chi connectivity index (χ3v) is 5.57. The Kier molecular flexibility index (Phi) is 5.10. The second-order valence-electron chi connectivity index (χ2n) is 7.46. The van der Waals surface area contributed by atoms with Crippen molar-refractivity contribution in [3.63, 3.8) is 0 Å². The SMILES string of the molecule is Cc1cc([N+](=O)[O-])nn1Cc1cccc(C(=O)NCC2CN3CCN2CC3)c1. The maximum atomic E-state index is 12.6. The van der Waals surface area contributed by atoms with Crippen LogP contribution in [0.2, 0.25) is 0 Å². The molecule has 3 fully saturated rings. The average Bonchev–Trinajstić information content (AvgIpc) is 3.08. The van der Waals surface area contributed by atoms with Gasteiger partial charge in [0.05, 0.1) is 23.4 Å². The van der Waals surface area contributed by atoms with Gasteiger partial charge >= 0.3 is 5.82 Å². The predicted octanol–water partition coefficient (Wildman–Crippen LogP) is 0.878. The number of benzene rings is 1. The van der Waals surface area contributed by atoms with E-state index < -0.39 is 4.92 Å². The van der Waals surface area contributed by atoms with Gasteiger partial charge in [0.1, 0.15) is 0 Å². The summed E-state index contributed by atoms with van der Waals surface area (Å²) in [6.07, 6.45) is 0. The fourth-order valence-electron chi connectivity index (χ4n) is 3.96. The molecule has 2 aromatic rings. The molecule has 3 saturated heterocycles. The van der Waals surface area contributed by atoms with Crippen LogP contribution in [0.4, 0.5) is 5.82 Å². The Morgan fingerprint density at radius 2 is 2.07 bits per heavy atom. The number of nitro groups is 1. The molecular weight excluding hydrogens is 360 g/mol. The first-order valence-electron chi connectivity index (χ1n) is 9.52. The molecule has 1 aromatic heterocycles. The van der Waals surface area contributed by atoms with Crippen LogP contribution in [-0.4, -0.2) is 75.7 Å². The van der Waals surface area contributed by atoms with Crippen LogP contribution >= 0.6 is 0 Å². The molecule has 148 valence electrons. The van der Waals surface area contributed by atoms with Crippen molar-refractivity contribution in [3.8, 4) is 0 Å². The smallest absolute Gasteiger partial charge is 0.358 e. The minimum atomic E-state index is -0.502. The van der Waals surface area contributed by atoms with E-state index in [4.69, 9.17) is 0 Å². The molecule has 0 spiro atoms. The van der Waals surface area contributed by atoms with Gasteiger partial charge in [0.25, 0.3) is 5.91 Å². The minimum Gasteiger partial charge on any atom is -0.358 e. The summed E-state index contributed by atoms with van der Waals surface area (Å²) in [5.74, 6) is -0.262. The summed E-state index contributed by atoms with van der Waals surface area (Å²) in [5.41, 5.74) is 2.17. The molecular formula is C19H24N6O3. The van der Waals surface area contributed by atoms with E-state index in [1.54, 1.807) is 17.7 Å². The Bertz CT molecular complexity index is 888. The molecule has 9 heteroatoms. The number of carbonyl (C=O) groups is 1. The molecule has 2 bridgehead atoms. The average molecular weight is 384 g/mol. The molecule has 0 aliphatic carbocycles. The number of fused-ring (bicyclic) bond motifs is 3.